The SMILES string of the molecule is Brc1ccc(-c2ccc(CNC[C@@H]3CCCO3)o2)cc1. The summed E-state index contributed by atoms with van der Waals surface area (Å²) in [5.41, 5.74) is 1.10. The van der Waals surface area contributed by atoms with E-state index in [1.54, 1.807) is 0 Å². The maximum Gasteiger partial charge on any atom is 0.134 e. The summed E-state index contributed by atoms with van der Waals surface area (Å²) in [6, 6.07) is 12.2. The maximum atomic E-state index is 5.86. The second kappa shape index (κ2) is 6.57. The van der Waals surface area contributed by atoms with E-state index >= 15 is 0 Å². The van der Waals surface area contributed by atoms with Gasteiger partial charge < -0.3 is 14.5 Å². The minimum Gasteiger partial charge on any atom is -0.460 e. The van der Waals surface area contributed by atoms with Crippen molar-refractivity contribution < 1.29 is 9.15 Å². The van der Waals surface area contributed by atoms with E-state index in [4.69, 9.17) is 9.15 Å². The highest BCUT2D eigenvalue weighted by Crippen LogP contribution is 2.24. The number of nitrogens with one attached hydrogen (secondary N) is 1. The Morgan fingerprint density at radius 2 is 2.00 bits per heavy atom. The van der Waals surface area contributed by atoms with Gasteiger partial charge in [0, 0.05) is 23.2 Å². The number of halogens is 1. The number of furan rings is 1. The Balaban J connectivity index is 1.55. The lowest BCUT2D eigenvalue weighted by atomic mass is 10.2. The van der Waals surface area contributed by atoms with Crippen LogP contribution in [-0.2, 0) is 11.3 Å². The first kappa shape index (κ1) is 13.9. The van der Waals surface area contributed by atoms with Crippen LogP contribution in [0.4, 0.5) is 0 Å². The molecule has 0 unspecified atom stereocenters. The van der Waals surface area contributed by atoms with Crippen molar-refractivity contribution in [3.63, 3.8) is 0 Å². The Kier molecular flexibility index (Phi) is 4.55. The summed E-state index contributed by atoms with van der Waals surface area (Å²) in [5.74, 6) is 1.87. The summed E-state index contributed by atoms with van der Waals surface area (Å²) in [5, 5.41) is 3.39. The van der Waals surface area contributed by atoms with Crippen molar-refractivity contribution in [1.82, 2.24) is 5.32 Å². The van der Waals surface area contributed by atoms with Crippen LogP contribution in [0.1, 0.15) is 18.6 Å². The van der Waals surface area contributed by atoms with Crippen LogP contribution in [0.3, 0.4) is 0 Å². The Morgan fingerprint density at radius 1 is 1.15 bits per heavy atom. The molecule has 3 nitrogen and oxygen atoms in total. The minimum absolute atomic E-state index is 0.371. The van der Waals surface area contributed by atoms with Gasteiger partial charge in [0.1, 0.15) is 11.5 Å². The van der Waals surface area contributed by atoms with E-state index in [1.165, 1.54) is 6.42 Å². The molecule has 0 bridgehead atoms. The summed E-state index contributed by atoms with van der Waals surface area (Å²) in [4.78, 5) is 0. The molecule has 2 aromatic rings. The number of hydrogen-bond donors (Lipinski definition) is 1. The van der Waals surface area contributed by atoms with Gasteiger partial charge in [-0.25, -0.2) is 0 Å². The lowest BCUT2D eigenvalue weighted by molar-refractivity contribution is 0.109. The predicted molar refractivity (Wildman–Crippen MR) is 82.5 cm³/mol. The molecule has 0 amide bonds. The zero-order valence-electron chi connectivity index (χ0n) is 11.3. The molecule has 2 heterocycles. The average Bonchev–Trinajstić information content (AvgIpc) is 3.11. The molecule has 106 valence electrons. The molecular formula is C16H18BrNO2. The van der Waals surface area contributed by atoms with Crippen LogP contribution in [0.25, 0.3) is 11.3 Å². The van der Waals surface area contributed by atoms with Gasteiger partial charge in [-0.1, -0.05) is 28.1 Å². The molecule has 1 aromatic carbocycles. The maximum absolute atomic E-state index is 5.86. The molecule has 1 aromatic heterocycles. The zero-order valence-corrected chi connectivity index (χ0v) is 12.9. The van der Waals surface area contributed by atoms with E-state index in [0.29, 0.717) is 6.10 Å². The van der Waals surface area contributed by atoms with Crippen LogP contribution in [0.5, 0.6) is 0 Å². The first-order chi connectivity index (χ1) is 9.81. The van der Waals surface area contributed by atoms with Gasteiger partial charge in [0.2, 0.25) is 0 Å². The summed E-state index contributed by atoms with van der Waals surface area (Å²) in [6.45, 7) is 2.55. The van der Waals surface area contributed by atoms with Gasteiger partial charge in [-0.3, -0.25) is 0 Å². The minimum atomic E-state index is 0.371. The van der Waals surface area contributed by atoms with Gasteiger partial charge in [-0.15, -0.1) is 0 Å². The monoisotopic (exact) mass is 335 g/mol. The average molecular weight is 336 g/mol. The lowest BCUT2D eigenvalue weighted by Gasteiger charge is -2.09. The molecule has 4 heteroatoms. The molecule has 0 radical (unpaired) electrons. The largest absolute Gasteiger partial charge is 0.460 e. The van der Waals surface area contributed by atoms with Crippen molar-refractivity contribution in [2.45, 2.75) is 25.5 Å². The van der Waals surface area contributed by atoms with Crippen molar-refractivity contribution in [3.05, 3.63) is 46.6 Å². The van der Waals surface area contributed by atoms with Crippen molar-refractivity contribution in [3.8, 4) is 11.3 Å². The highest BCUT2D eigenvalue weighted by Gasteiger charge is 2.14. The van der Waals surface area contributed by atoms with E-state index in [9.17, 15) is 0 Å². The van der Waals surface area contributed by atoms with Crippen molar-refractivity contribution >= 4 is 15.9 Å². The molecule has 1 atom stereocenters. The normalized spacial score (nSPS) is 18.6. The van der Waals surface area contributed by atoms with Gasteiger partial charge in [-0.05, 0) is 37.1 Å². The van der Waals surface area contributed by atoms with E-state index < -0.39 is 0 Å². The third-order valence-electron chi connectivity index (χ3n) is 3.49. The fourth-order valence-corrected chi connectivity index (χ4v) is 2.67. The number of ether oxygens (including phenoxy) is 1. The second-order valence-electron chi connectivity index (χ2n) is 5.04. The molecule has 20 heavy (non-hydrogen) atoms. The van der Waals surface area contributed by atoms with E-state index in [2.05, 4.69) is 21.2 Å². The van der Waals surface area contributed by atoms with Crippen LogP contribution < -0.4 is 5.32 Å². The Hall–Kier alpha value is -1.10. The topological polar surface area (TPSA) is 34.4 Å². The first-order valence-electron chi connectivity index (χ1n) is 6.98. The van der Waals surface area contributed by atoms with Crippen LogP contribution in [0.2, 0.25) is 0 Å². The number of rotatable bonds is 5. The smallest absolute Gasteiger partial charge is 0.134 e. The molecular weight excluding hydrogens is 318 g/mol. The summed E-state index contributed by atoms with van der Waals surface area (Å²) < 4.78 is 12.5. The summed E-state index contributed by atoms with van der Waals surface area (Å²) in [7, 11) is 0. The molecule has 1 saturated heterocycles. The third-order valence-corrected chi connectivity index (χ3v) is 4.01. The fraction of sp³-hybridized carbons (Fsp3) is 0.375. The van der Waals surface area contributed by atoms with Crippen LogP contribution >= 0.6 is 15.9 Å². The predicted octanol–water partition coefficient (Wildman–Crippen LogP) is 3.98. The van der Waals surface area contributed by atoms with Gasteiger partial charge in [0.15, 0.2) is 0 Å². The highest BCUT2D eigenvalue weighted by molar-refractivity contribution is 9.10. The molecule has 3 rings (SSSR count). The van der Waals surface area contributed by atoms with E-state index in [1.807, 2.05) is 36.4 Å². The van der Waals surface area contributed by atoms with Gasteiger partial charge in [0.25, 0.3) is 0 Å². The second-order valence-corrected chi connectivity index (χ2v) is 5.95. The summed E-state index contributed by atoms with van der Waals surface area (Å²) >= 11 is 3.44. The Labute approximate surface area is 127 Å². The molecule has 1 aliphatic heterocycles. The fourth-order valence-electron chi connectivity index (χ4n) is 2.40. The molecule has 0 aliphatic carbocycles. The standard InChI is InChI=1S/C16H18BrNO2/c17-13-5-3-12(4-6-13)16-8-7-15(20-16)11-18-10-14-2-1-9-19-14/h3-8,14,18H,1-2,9-11H2/t14-/m0/s1. The van der Waals surface area contributed by atoms with Crippen LogP contribution in [-0.4, -0.2) is 19.3 Å². The quantitative estimate of drug-likeness (QED) is 0.897. The zero-order chi connectivity index (χ0) is 13.8. The third kappa shape index (κ3) is 3.51. The van der Waals surface area contributed by atoms with E-state index in [0.717, 1.165) is 47.7 Å². The van der Waals surface area contributed by atoms with Gasteiger partial charge in [-0.2, -0.15) is 0 Å². The Bertz CT molecular complexity index is 544. The number of hydrogen-bond acceptors (Lipinski definition) is 3. The van der Waals surface area contributed by atoms with Crippen LogP contribution in [0.15, 0.2) is 45.3 Å². The van der Waals surface area contributed by atoms with Crippen LogP contribution in [0, 0.1) is 0 Å². The molecule has 0 spiro atoms. The highest BCUT2D eigenvalue weighted by atomic mass is 79.9. The molecule has 1 fully saturated rings. The van der Waals surface area contributed by atoms with Crippen molar-refractivity contribution in [1.29, 1.82) is 0 Å². The molecule has 1 aliphatic rings. The van der Waals surface area contributed by atoms with Gasteiger partial charge in [0.05, 0.1) is 12.6 Å². The van der Waals surface area contributed by atoms with Crippen molar-refractivity contribution in [2.24, 2.45) is 0 Å². The van der Waals surface area contributed by atoms with E-state index in [-0.39, 0.29) is 0 Å². The first-order valence-corrected chi connectivity index (χ1v) is 7.77. The van der Waals surface area contributed by atoms with Gasteiger partial charge >= 0.3 is 0 Å². The Morgan fingerprint density at radius 3 is 2.75 bits per heavy atom. The number of benzene rings is 1. The van der Waals surface area contributed by atoms with Crippen molar-refractivity contribution in [2.75, 3.05) is 13.2 Å². The molecule has 0 saturated carbocycles. The molecule has 1 N–H and O–H groups in total. The lowest BCUT2D eigenvalue weighted by Crippen LogP contribution is -2.25. The summed E-state index contributed by atoms with van der Waals surface area (Å²) in [6.07, 6.45) is 2.71.